The number of ether oxygens (including phenoxy) is 1. The summed E-state index contributed by atoms with van der Waals surface area (Å²) in [7, 11) is 1.60. The van der Waals surface area contributed by atoms with E-state index in [0.717, 1.165) is 15.3 Å². The number of aromatic nitrogens is 2. The Morgan fingerprint density at radius 1 is 1.36 bits per heavy atom. The third-order valence-corrected chi connectivity index (χ3v) is 4.93. The van der Waals surface area contributed by atoms with Crippen molar-refractivity contribution in [2.75, 3.05) is 32.1 Å². The number of quaternary nitrogens is 1. The Hall–Kier alpha value is -2.62. The second-order valence-corrected chi connectivity index (χ2v) is 7.30. The molecule has 3 rings (SSSR count). The maximum atomic E-state index is 14.0. The van der Waals surface area contributed by atoms with Gasteiger partial charge < -0.3 is 19.4 Å². The SMILES string of the molecule is COCC[NH+](CC(=O)Nc1ccc(C)cc1F)Cc1nnc(-c2cccs2)o1. The Morgan fingerprint density at radius 2 is 2.21 bits per heavy atom. The number of aryl methyl sites for hydroxylation is 1. The molecule has 0 aliphatic rings. The number of hydrogen-bond donors (Lipinski definition) is 2. The lowest BCUT2D eigenvalue weighted by Gasteiger charge is -2.17. The highest BCUT2D eigenvalue weighted by Gasteiger charge is 2.20. The molecule has 0 fully saturated rings. The summed E-state index contributed by atoms with van der Waals surface area (Å²) in [5, 5.41) is 12.7. The van der Waals surface area contributed by atoms with E-state index in [0.29, 0.717) is 31.5 Å². The van der Waals surface area contributed by atoms with Crippen LogP contribution in [0.3, 0.4) is 0 Å². The van der Waals surface area contributed by atoms with Gasteiger partial charge in [-0.25, -0.2) is 4.39 Å². The van der Waals surface area contributed by atoms with Crippen LogP contribution in [0.25, 0.3) is 10.8 Å². The first-order valence-corrected chi connectivity index (χ1v) is 9.68. The van der Waals surface area contributed by atoms with Gasteiger partial charge >= 0.3 is 0 Å². The number of anilines is 1. The van der Waals surface area contributed by atoms with Crippen molar-refractivity contribution in [2.24, 2.45) is 0 Å². The van der Waals surface area contributed by atoms with E-state index in [4.69, 9.17) is 9.15 Å². The van der Waals surface area contributed by atoms with Crippen LogP contribution in [-0.2, 0) is 16.1 Å². The zero-order chi connectivity index (χ0) is 19.9. The highest BCUT2D eigenvalue weighted by atomic mass is 32.1. The molecule has 0 bridgehead atoms. The summed E-state index contributed by atoms with van der Waals surface area (Å²) in [4.78, 5) is 14.2. The van der Waals surface area contributed by atoms with Gasteiger partial charge in [0.15, 0.2) is 13.1 Å². The topological polar surface area (TPSA) is 81.7 Å². The number of methoxy groups -OCH3 is 1. The number of carbonyl (C=O) groups excluding carboxylic acids is 1. The second-order valence-electron chi connectivity index (χ2n) is 6.36. The summed E-state index contributed by atoms with van der Waals surface area (Å²) < 4.78 is 24.8. The van der Waals surface area contributed by atoms with Crippen molar-refractivity contribution < 1.29 is 23.2 Å². The summed E-state index contributed by atoms with van der Waals surface area (Å²) in [6.45, 7) is 3.31. The van der Waals surface area contributed by atoms with Gasteiger partial charge in [0.25, 0.3) is 17.7 Å². The summed E-state index contributed by atoms with van der Waals surface area (Å²) in [5.41, 5.74) is 0.959. The number of benzene rings is 1. The molecule has 1 atom stereocenters. The van der Waals surface area contributed by atoms with Crippen LogP contribution >= 0.6 is 11.3 Å². The van der Waals surface area contributed by atoms with Crippen LogP contribution in [-0.4, -0.2) is 42.9 Å². The highest BCUT2D eigenvalue weighted by molar-refractivity contribution is 7.13. The molecule has 1 unspecified atom stereocenters. The Kier molecular flexibility index (Phi) is 6.85. The molecule has 3 aromatic rings. The van der Waals surface area contributed by atoms with Crippen LogP contribution in [0.4, 0.5) is 10.1 Å². The van der Waals surface area contributed by atoms with Crippen molar-refractivity contribution in [1.29, 1.82) is 0 Å². The molecule has 0 radical (unpaired) electrons. The quantitative estimate of drug-likeness (QED) is 0.568. The molecule has 148 valence electrons. The summed E-state index contributed by atoms with van der Waals surface area (Å²) in [6, 6.07) is 8.51. The van der Waals surface area contributed by atoms with E-state index in [1.807, 2.05) is 17.5 Å². The van der Waals surface area contributed by atoms with E-state index in [1.54, 1.807) is 26.2 Å². The molecule has 1 aromatic carbocycles. The fraction of sp³-hybridized carbons (Fsp3) is 0.316. The number of thiophene rings is 1. The third-order valence-electron chi connectivity index (χ3n) is 4.07. The summed E-state index contributed by atoms with van der Waals surface area (Å²) in [5.74, 6) is 0.141. The predicted octanol–water partition coefficient (Wildman–Crippen LogP) is 1.92. The van der Waals surface area contributed by atoms with Crippen molar-refractivity contribution in [3.63, 3.8) is 0 Å². The van der Waals surface area contributed by atoms with Gasteiger partial charge in [-0.2, -0.15) is 0 Å². The minimum atomic E-state index is -0.454. The maximum Gasteiger partial charge on any atom is 0.279 e. The normalized spacial score (nSPS) is 12.1. The number of halogens is 1. The van der Waals surface area contributed by atoms with E-state index in [9.17, 15) is 9.18 Å². The van der Waals surface area contributed by atoms with Gasteiger partial charge in [0.05, 0.1) is 17.2 Å². The summed E-state index contributed by atoms with van der Waals surface area (Å²) >= 11 is 1.51. The first kappa shape index (κ1) is 20.1. The first-order chi connectivity index (χ1) is 13.5. The summed E-state index contributed by atoms with van der Waals surface area (Å²) in [6.07, 6.45) is 0. The average Bonchev–Trinajstić information content (AvgIpc) is 3.33. The van der Waals surface area contributed by atoms with Crippen molar-refractivity contribution in [3.8, 4) is 10.8 Å². The van der Waals surface area contributed by atoms with Crippen molar-refractivity contribution >= 4 is 22.9 Å². The molecule has 2 N–H and O–H groups in total. The molecule has 2 heterocycles. The molecule has 0 saturated carbocycles. The number of carbonyl (C=O) groups is 1. The Labute approximate surface area is 166 Å². The number of amides is 1. The smallest absolute Gasteiger partial charge is 0.279 e. The number of rotatable bonds is 9. The highest BCUT2D eigenvalue weighted by Crippen LogP contribution is 2.22. The molecule has 7 nitrogen and oxygen atoms in total. The fourth-order valence-corrected chi connectivity index (χ4v) is 3.31. The van der Waals surface area contributed by atoms with Crippen LogP contribution in [0.1, 0.15) is 11.5 Å². The van der Waals surface area contributed by atoms with E-state index < -0.39 is 5.82 Å². The third kappa shape index (κ3) is 5.44. The van der Waals surface area contributed by atoms with Gasteiger partial charge in [-0.15, -0.1) is 21.5 Å². The van der Waals surface area contributed by atoms with Crippen LogP contribution in [0.5, 0.6) is 0 Å². The van der Waals surface area contributed by atoms with Gasteiger partial charge in [0.1, 0.15) is 12.4 Å². The Morgan fingerprint density at radius 3 is 2.93 bits per heavy atom. The van der Waals surface area contributed by atoms with E-state index in [-0.39, 0.29) is 18.1 Å². The lowest BCUT2D eigenvalue weighted by Crippen LogP contribution is -3.12. The zero-order valence-corrected chi connectivity index (χ0v) is 16.5. The molecular formula is C19H22FN4O3S+. The average molecular weight is 405 g/mol. The lowest BCUT2D eigenvalue weighted by atomic mass is 10.2. The van der Waals surface area contributed by atoms with Gasteiger partial charge in [-0.05, 0) is 36.1 Å². The lowest BCUT2D eigenvalue weighted by molar-refractivity contribution is -0.907. The van der Waals surface area contributed by atoms with Crippen molar-refractivity contribution in [2.45, 2.75) is 13.5 Å². The predicted molar refractivity (Wildman–Crippen MR) is 104 cm³/mol. The molecule has 9 heteroatoms. The Bertz CT molecular complexity index is 914. The number of nitrogens with one attached hydrogen (secondary N) is 2. The van der Waals surface area contributed by atoms with Crippen LogP contribution in [0.2, 0.25) is 0 Å². The molecule has 1 amide bonds. The minimum absolute atomic E-state index is 0.118. The molecule has 0 saturated heterocycles. The number of hydrogen-bond acceptors (Lipinski definition) is 6. The molecule has 0 spiro atoms. The molecule has 0 aliphatic heterocycles. The second kappa shape index (κ2) is 9.54. The van der Waals surface area contributed by atoms with Crippen LogP contribution < -0.4 is 10.2 Å². The van der Waals surface area contributed by atoms with Gasteiger partial charge in [0, 0.05) is 7.11 Å². The maximum absolute atomic E-state index is 14.0. The van der Waals surface area contributed by atoms with E-state index in [1.165, 1.54) is 17.4 Å². The molecule has 2 aromatic heterocycles. The number of nitrogens with zero attached hydrogens (tertiary/aromatic N) is 2. The van der Waals surface area contributed by atoms with E-state index in [2.05, 4.69) is 15.5 Å². The monoisotopic (exact) mass is 405 g/mol. The van der Waals surface area contributed by atoms with Gasteiger partial charge in [0.2, 0.25) is 0 Å². The minimum Gasteiger partial charge on any atom is -0.414 e. The first-order valence-electron chi connectivity index (χ1n) is 8.80. The largest absolute Gasteiger partial charge is 0.414 e. The van der Waals surface area contributed by atoms with Crippen molar-refractivity contribution in [3.05, 3.63) is 53.0 Å². The Balaban J connectivity index is 1.63. The molecule has 0 aliphatic carbocycles. The van der Waals surface area contributed by atoms with Crippen molar-refractivity contribution in [1.82, 2.24) is 10.2 Å². The van der Waals surface area contributed by atoms with Crippen LogP contribution in [0, 0.1) is 12.7 Å². The molecule has 28 heavy (non-hydrogen) atoms. The standard InChI is InChI=1S/C19H21FN4O3S/c1-13-5-6-15(14(20)10-13)21-17(25)11-24(7-8-26-2)12-18-22-23-19(27-18)16-4-3-9-28-16/h3-6,9-10H,7-8,11-12H2,1-2H3,(H,21,25)/p+1. The van der Waals surface area contributed by atoms with Gasteiger partial charge in [-0.3, -0.25) is 4.79 Å². The van der Waals surface area contributed by atoms with Gasteiger partial charge in [-0.1, -0.05) is 12.1 Å². The molecular weight excluding hydrogens is 383 g/mol. The zero-order valence-electron chi connectivity index (χ0n) is 15.7. The van der Waals surface area contributed by atoms with Crippen LogP contribution in [0.15, 0.2) is 40.1 Å². The fourth-order valence-electron chi connectivity index (χ4n) is 2.67. The van der Waals surface area contributed by atoms with E-state index >= 15 is 0 Å².